The minimum Gasteiger partial charge on any atom is -0.338 e. The van der Waals surface area contributed by atoms with Crippen LogP contribution in [0.2, 0.25) is 0 Å². The summed E-state index contributed by atoms with van der Waals surface area (Å²) < 4.78 is 0. The van der Waals surface area contributed by atoms with E-state index in [9.17, 15) is 4.79 Å². The maximum atomic E-state index is 12.8. The van der Waals surface area contributed by atoms with Crippen LogP contribution in [0.25, 0.3) is 0 Å². The first kappa shape index (κ1) is 12.7. The van der Waals surface area contributed by atoms with Gasteiger partial charge in [0.05, 0.1) is 5.41 Å². The molecule has 0 aromatic heterocycles. The first-order chi connectivity index (χ1) is 9.11. The van der Waals surface area contributed by atoms with Gasteiger partial charge in [0, 0.05) is 19.1 Å². The Bertz CT molecular complexity index is 499. The molecule has 0 radical (unpaired) electrons. The lowest BCUT2D eigenvalue weighted by atomic mass is 9.83. The first-order valence-corrected chi connectivity index (χ1v) is 7.23. The Morgan fingerprint density at radius 1 is 1.37 bits per heavy atom. The summed E-state index contributed by atoms with van der Waals surface area (Å²) in [6.45, 7) is 3.63. The second-order valence-corrected chi connectivity index (χ2v) is 6.16. The molecule has 3 nitrogen and oxygen atoms in total. The van der Waals surface area contributed by atoms with Gasteiger partial charge in [0.1, 0.15) is 0 Å². The van der Waals surface area contributed by atoms with Crippen molar-refractivity contribution in [2.75, 3.05) is 6.54 Å². The lowest BCUT2D eigenvalue weighted by Gasteiger charge is -2.37. The van der Waals surface area contributed by atoms with Gasteiger partial charge in [-0.1, -0.05) is 30.7 Å². The smallest absolute Gasteiger partial charge is 0.230 e. The monoisotopic (exact) mass is 258 g/mol. The molecule has 0 saturated heterocycles. The Balaban J connectivity index is 1.80. The van der Waals surface area contributed by atoms with E-state index in [-0.39, 0.29) is 17.4 Å². The summed E-state index contributed by atoms with van der Waals surface area (Å²) in [6, 6.07) is 8.45. The number of amides is 1. The number of hydrogen-bond acceptors (Lipinski definition) is 2. The van der Waals surface area contributed by atoms with Gasteiger partial charge in [-0.15, -0.1) is 0 Å². The molecule has 1 aromatic rings. The van der Waals surface area contributed by atoms with E-state index in [4.69, 9.17) is 5.73 Å². The van der Waals surface area contributed by atoms with E-state index in [0.29, 0.717) is 0 Å². The molecule has 3 heteroatoms. The molecular formula is C16H22N2O. The molecule has 2 atom stereocenters. The van der Waals surface area contributed by atoms with Crippen molar-refractivity contribution in [1.29, 1.82) is 0 Å². The molecule has 1 aliphatic carbocycles. The molecule has 1 heterocycles. The van der Waals surface area contributed by atoms with E-state index in [1.807, 2.05) is 11.8 Å². The average Bonchev–Trinajstić information content (AvgIpc) is 2.78. The first-order valence-electron chi connectivity index (χ1n) is 7.23. The minimum absolute atomic E-state index is 0.0252. The van der Waals surface area contributed by atoms with Gasteiger partial charge in [-0.3, -0.25) is 4.79 Å². The Morgan fingerprint density at radius 3 is 2.79 bits per heavy atom. The van der Waals surface area contributed by atoms with Gasteiger partial charge < -0.3 is 10.6 Å². The number of carbonyl (C=O) groups excluding carboxylic acids is 1. The van der Waals surface area contributed by atoms with Crippen molar-refractivity contribution in [3.63, 3.8) is 0 Å². The van der Waals surface area contributed by atoms with E-state index in [1.165, 1.54) is 11.1 Å². The van der Waals surface area contributed by atoms with E-state index < -0.39 is 0 Å². The van der Waals surface area contributed by atoms with Crippen LogP contribution in [-0.2, 0) is 17.8 Å². The number of fused-ring (bicyclic) bond motifs is 1. The van der Waals surface area contributed by atoms with Crippen LogP contribution in [0.15, 0.2) is 24.3 Å². The molecule has 1 amide bonds. The van der Waals surface area contributed by atoms with E-state index in [2.05, 4.69) is 24.3 Å². The molecule has 2 N–H and O–H groups in total. The zero-order valence-electron chi connectivity index (χ0n) is 11.6. The molecule has 1 fully saturated rings. The topological polar surface area (TPSA) is 46.3 Å². The van der Waals surface area contributed by atoms with Crippen molar-refractivity contribution >= 4 is 5.91 Å². The SMILES string of the molecule is CC1(C(=O)N2CCc3ccccc3C2)CCCC1N. The normalized spacial score (nSPS) is 30.2. The molecular weight excluding hydrogens is 236 g/mol. The van der Waals surface area contributed by atoms with Gasteiger partial charge in [0.15, 0.2) is 0 Å². The molecule has 0 spiro atoms. The Hall–Kier alpha value is -1.35. The maximum absolute atomic E-state index is 12.8. The number of nitrogens with two attached hydrogens (primary N) is 1. The zero-order valence-corrected chi connectivity index (χ0v) is 11.6. The molecule has 1 aliphatic heterocycles. The van der Waals surface area contributed by atoms with Crippen LogP contribution >= 0.6 is 0 Å². The Kier molecular flexibility index (Phi) is 3.09. The van der Waals surface area contributed by atoms with Gasteiger partial charge in [0.2, 0.25) is 5.91 Å². The van der Waals surface area contributed by atoms with Crippen molar-refractivity contribution in [3.8, 4) is 0 Å². The summed E-state index contributed by atoms with van der Waals surface area (Å²) in [4.78, 5) is 14.8. The summed E-state index contributed by atoms with van der Waals surface area (Å²) in [5, 5.41) is 0. The van der Waals surface area contributed by atoms with Gasteiger partial charge in [0.25, 0.3) is 0 Å². The van der Waals surface area contributed by atoms with Crippen LogP contribution in [0.4, 0.5) is 0 Å². The molecule has 19 heavy (non-hydrogen) atoms. The standard InChI is InChI=1S/C16H22N2O/c1-16(9-4-7-14(16)17)15(19)18-10-8-12-5-2-3-6-13(12)11-18/h2-3,5-6,14H,4,7-11,17H2,1H3. The fraction of sp³-hybridized carbons (Fsp3) is 0.562. The highest BCUT2D eigenvalue weighted by Crippen LogP contribution is 2.39. The molecule has 102 valence electrons. The largest absolute Gasteiger partial charge is 0.338 e. The highest BCUT2D eigenvalue weighted by molar-refractivity contribution is 5.83. The molecule has 1 aromatic carbocycles. The van der Waals surface area contributed by atoms with E-state index in [0.717, 1.165) is 38.8 Å². The van der Waals surface area contributed by atoms with Crippen LogP contribution in [0.3, 0.4) is 0 Å². The molecule has 1 saturated carbocycles. The number of nitrogens with zero attached hydrogens (tertiary/aromatic N) is 1. The summed E-state index contributed by atoms with van der Waals surface area (Å²) in [7, 11) is 0. The lowest BCUT2D eigenvalue weighted by Crippen LogP contribution is -2.50. The third-order valence-corrected chi connectivity index (χ3v) is 4.94. The van der Waals surface area contributed by atoms with Gasteiger partial charge in [-0.05, 0) is 37.3 Å². The minimum atomic E-state index is -0.341. The third-order valence-electron chi connectivity index (χ3n) is 4.94. The molecule has 0 bridgehead atoms. The fourth-order valence-corrected chi connectivity index (χ4v) is 3.49. The number of carbonyl (C=O) groups is 1. The van der Waals surface area contributed by atoms with Crippen molar-refractivity contribution in [3.05, 3.63) is 35.4 Å². The molecule has 2 unspecified atom stereocenters. The Labute approximate surface area is 114 Å². The maximum Gasteiger partial charge on any atom is 0.230 e. The number of hydrogen-bond donors (Lipinski definition) is 1. The summed E-state index contributed by atoms with van der Waals surface area (Å²) in [6.07, 6.45) is 3.96. The van der Waals surface area contributed by atoms with Crippen molar-refractivity contribution in [2.45, 2.75) is 45.2 Å². The number of rotatable bonds is 1. The van der Waals surface area contributed by atoms with Gasteiger partial charge in [-0.2, -0.15) is 0 Å². The van der Waals surface area contributed by atoms with Crippen LogP contribution in [0.5, 0.6) is 0 Å². The second-order valence-electron chi connectivity index (χ2n) is 6.16. The van der Waals surface area contributed by atoms with Crippen molar-refractivity contribution < 1.29 is 4.79 Å². The average molecular weight is 258 g/mol. The molecule has 3 rings (SSSR count). The van der Waals surface area contributed by atoms with E-state index >= 15 is 0 Å². The number of benzene rings is 1. The van der Waals surface area contributed by atoms with Gasteiger partial charge >= 0.3 is 0 Å². The second kappa shape index (κ2) is 4.64. The van der Waals surface area contributed by atoms with Crippen molar-refractivity contribution in [1.82, 2.24) is 4.90 Å². The predicted octanol–water partition coefficient (Wildman–Crippen LogP) is 2.09. The van der Waals surface area contributed by atoms with Crippen LogP contribution in [-0.4, -0.2) is 23.4 Å². The van der Waals surface area contributed by atoms with Crippen molar-refractivity contribution in [2.24, 2.45) is 11.1 Å². The highest BCUT2D eigenvalue weighted by atomic mass is 16.2. The zero-order chi connectivity index (χ0) is 13.5. The van der Waals surface area contributed by atoms with Crippen LogP contribution in [0, 0.1) is 5.41 Å². The Morgan fingerprint density at radius 2 is 2.11 bits per heavy atom. The molecule has 2 aliphatic rings. The van der Waals surface area contributed by atoms with Crippen LogP contribution in [0.1, 0.15) is 37.3 Å². The highest BCUT2D eigenvalue weighted by Gasteiger charge is 2.45. The summed E-state index contributed by atoms with van der Waals surface area (Å²) >= 11 is 0. The fourth-order valence-electron chi connectivity index (χ4n) is 3.49. The van der Waals surface area contributed by atoms with Gasteiger partial charge in [-0.25, -0.2) is 0 Å². The summed E-state index contributed by atoms with van der Waals surface area (Å²) in [5.74, 6) is 0.256. The summed E-state index contributed by atoms with van der Waals surface area (Å²) in [5.41, 5.74) is 8.50. The third kappa shape index (κ3) is 2.06. The quantitative estimate of drug-likeness (QED) is 0.838. The van der Waals surface area contributed by atoms with Crippen LogP contribution < -0.4 is 5.73 Å². The lowest BCUT2D eigenvalue weighted by molar-refractivity contribution is -0.142. The predicted molar refractivity (Wildman–Crippen MR) is 75.5 cm³/mol. The van der Waals surface area contributed by atoms with E-state index in [1.54, 1.807) is 0 Å².